The molecule has 1 saturated carbocycles. The van der Waals surface area contributed by atoms with Crippen LogP contribution in [0.3, 0.4) is 0 Å². The van der Waals surface area contributed by atoms with E-state index in [0.717, 1.165) is 49.1 Å². The third kappa shape index (κ3) is 5.65. The molecule has 0 saturated heterocycles. The van der Waals surface area contributed by atoms with Crippen LogP contribution in [0.5, 0.6) is 23.0 Å². The molecule has 218 valence electrons. The van der Waals surface area contributed by atoms with Gasteiger partial charge in [-0.05, 0) is 80.3 Å². The zero-order valence-corrected chi connectivity index (χ0v) is 24.5. The van der Waals surface area contributed by atoms with E-state index in [1.165, 1.54) is 0 Å². The number of nitrogens with one attached hydrogen (secondary N) is 1. The number of carbonyl (C=O) groups excluding carboxylic acids is 2. The van der Waals surface area contributed by atoms with Crippen molar-refractivity contribution in [3.05, 3.63) is 70.1 Å². The minimum absolute atomic E-state index is 0.00351. The molecule has 2 aromatic rings. The summed E-state index contributed by atoms with van der Waals surface area (Å²) in [4.78, 5) is 27.9. The first-order valence-electron chi connectivity index (χ1n) is 14.3. The summed E-state index contributed by atoms with van der Waals surface area (Å²) < 4.78 is 28.2. The summed E-state index contributed by atoms with van der Waals surface area (Å²) in [5, 5.41) is 3.44. The smallest absolute Gasteiger partial charge is 0.337 e. The van der Waals surface area contributed by atoms with E-state index >= 15 is 0 Å². The van der Waals surface area contributed by atoms with Crippen molar-refractivity contribution in [2.75, 3.05) is 28.4 Å². The van der Waals surface area contributed by atoms with Crippen LogP contribution in [0.4, 0.5) is 0 Å². The van der Waals surface area contributed by atoms with E-state index in [0.29, 0.717) is 52.5 Å². The Morgan fingerprint density at radius 2 is 1.49 bits per heavy atom. The second kappa shape index (κ2) is 12.3. The lowest BCUT2D eigenvalue weighted by Crippen LogP contribution is -2.37. The number of ether oxygens (including phenoxy) is 5. The van der Waals surface area contributed by atoms with Crippen LogP contribution in [-0.4, -0.2) is 46.3 Å². The fourth-order valence-electron chi connectivity index (χ4n) is 6.42. The third-order valence-electron chi connectivity index (χ3n) is 8.48. The predicted octanol–water partition coefficient (Wildman–Crippen LogP) is 5.96. The van der Waals surface area contributed by atoms with E-state index < -0.39 is 11.9 Å². The maximum Gasteiger partial charge on any atom is 0.337 e. The zero-order valence-electron chi connectivity index (χ0n) is 24.5. The van der Waals surface area contributed by atoms with Gasteiger partial charge in [0.25, 0.3) is 0 Å². The van der Waals surface area contributed by atoms with Gasteiger partial charge in [-0.3, -0.25) is 4.79 Å². The average molecular weight is 562 g/mol. The molecule has 3 aliphatic rings. The lowest BCUT2D eigenvalue weighted by atomic mass is 9.71. The second-order valence-corrected chi connectivity index (χ2v) is 10.9. The van der Waals surface area contributed by atoms with Crippen LogP contribution < -0.4 is 24.3 Å². The maximum absolute atomic E-state index is 14.0. The van der Waals surface area contributed by atoms with Gasteiger partial charge >= 0.3 is 5.97 Å². The summed E-state index contributed by atoms with van der Waals surface area (Å²) in [6, 6.07) is 11.5. The predicted molar refractivity (Wildman–Crippen MR) is 155 cm³/mol. The molecule has 5 rings (SSSR count). The van der Waals surface area contributed by atoms with Gasteiger partial charge in [0.1, 0.15) is 11.9 Å². The van der Waals surface area contributed by atoms with Gasteiger partial charge in [-0.25, -0.2) is 4.79 Å². The Balaban J connectivity index is 1.59. The van der Waals surface area contributed by atoms with Crippen molar-refractivity contribution in [1.29, 1.82) is 0 Å². The molecule has 2 aromatic carbocycles. The number of allylic oxidation sites excluding steroid dienone is 3. The Labute approximate surface area is 241 Å². The Bertz CT molecular complexity index is 1340. The fraction of sp³-hybridized carbons (Fsp3) is 0.455. The topological polar surface area (TPSA) is 92.3 Å². The highest BCUT2D eigenvalue weighted by Crippen LogP contribution is 2.49. The first kappa shape index (κ1) is 28.6. The summed E-state index contributed by atoms with van der Waals surface area (Å²) in [5.74, 6) is 1.10. The number of esters is 1. The van der Waals surface area contributed by atoms with E-state index in [4.69, 9.17) is 23.7 Å². The lowest BCUT2D eigenvalue weighted by Gasteiger charge is -2.37. The van der Waals surface area contributed by atoms with Crippen LogP contribution in [0, 0.1) is 0 Å². The summed E-state index contributed by atoms with van der Waals surface area (Å²) in [6.45, 7) is 1.88. The summed E-state index contributed by atoms with van der Waals surface area (Å²) in [6.07, 6.45) is 5.82. The number of Topliss-reactive ketones (excluding diaryl/α,β-unsaturated/α-hetero) is 1. The monoisotopic (exact) mass is 561 g/mol. The number of rotatable bonds is 8. The highest BCUT2D eigenvalue weighted by atomic mass is 16.5. The molecule has 1 fully saturated rings. The molecule has 0 unspecified atom stereocenters. The van der Waals surface area contributed by atoms with E-state index in [1.807, 2.05) is 43.3 Å². The quantitative estimate of drug-likeness (QED) is 0.395. The van der Waals surface area contributed by atoms with Crippen molar-refractivity contribution in [1.82, 2.24) is 5.32 Å². The van der Waals surface area contributed by atoms with Crippen molar-refractivity contribution in [3.8, 4) is 23.0 Å². The molecule has 0 spiro atoms. The lowest BCUT2D eigenvalue weighted by molar-refractivity contribution is -0.146. The zero-order chi connectivity index (χ0) is 29.1. The van der Waals surface area contributed by atoms with Crippen LogP contribution in [0.25, 0.3) is 0 Å². The number of dihydropyridines is 1. The molecule has 2 aliphatic carbocycles. The van der Waals surface area contributed by atoms with Gasteiger partial charge in [0, 0.05) is 29.3 Å². The molecule has 1 N–H and O–H groups in total. The molecule has 1 heterocycles. The molecule has 0 bridgehead atoms. The standard InChI is InChI=1S/C33H39NO7/c1-19-29(33(36)41-24-9-7-6-8-10-24)30(22-17-27(38-3)32(40-5)28(18-22)39-4)31-25(34-19)15-21(16-26(31)35)20-11-13-23(37-2)14-12-20/h11-14,17-18,21,24,30,34H,6-10,15-16H2,1-5H3/t21-,30+/m0/s1. The number of ketones is 1. The van der Waals surface area contributed by atoms with Gasteiger partial charge in [0.15, 0.2) is 17.3 Å². The van der Waals surface area contributed by atoms with E-state index in [-0.39, 0.29) is 17.8 Å². The second-order valence-electron chi connectivity index (χ2n) is 10.9. The van der Waals surface area contributed by atoms with Crippen LogP contribution >= 0.6 is 0 Å². The number of hydrogen-bond acceptors (Lipinski definition) is 8. The molecule has 41 heavy (non-hydrogen) atoms. The maximum atomic E-state index is 14.0. The highest BCUT2D eigenvalue weighted by molar-refractivity contribution is 6.04. The number of methoxy groups -OCH3 is 4. The minimum atomic E-state index is -0.639. The van der Waals surface area contributed by atoms with E-state index in [9.17, 15) is 9.59 Å². The van der Waals surface area contributed by atoms with Gasteiger partial charge in [0.2, 0.25) is 5.75 Å². The van der Waals surface area contributed by atoms with Gasteiger partial charge in [-0.1, -0.05) is 18.6 Å². The normalized spacial score (nSPS) is 21.1. The minimum Gasteiger partial charge on any atom is -0.497 e. The summed E-state index contributed by atoms with van der Waals surface area (Å²) in [5.41, 5.74) is 4.32. The van der Waals surface area contributed by atoms with E-state index in [2.05, 4.69) is 5.32 Å². The van der Waals surface area contributed by atoms with Crippen LogP contribution in [0.2, 0.25) is 0 Å². The number of hydrogen-bond donors (Lipinski definition) is 1. The first-order chi connectivity index (χ1) is 19.9. The molecule has 0 amide bonds. The fourth-order valence-corrected chi connectivity index (χ4v) is 6.42. The van der Waals surface area contributed by atoms with Crippen LogP contribution in [0.1, 0.15) is 74.8 Å². The van der Waals surface area contributed by atoms with E-state index in [1.54, 1.807) is 28.4 Å². The molecule has 8 heteroatoms. The molecule has 0 aromatic heterocycles. The number of benzene rings is 2. The van der Waals surface area contributed by atoms with Gasteiger partial charge in [-0.2, -0.15) is 0 Å². The summed E-state index contributed by atoms with van der Waals surface area (Å²) >= 11 is 0. The highest BCUT2D eigenvalue weighted by Gasteiger charge is 2.42. The summed E-state index contributed by atoms with van der Waals surface area (Å²) in [7, 11) is 6.29. The first-order valence-corrected chi connectivity index (χ1v) is 14.3. The average Bonchev–Trinajstić information content (AvgIpc) is 2.99. The van der Waals surface area contributed by atoms with Crippen molar-refractivity contribution in [2.45, 2.75) is 69.8 Å². The van der Waals surface area contributed by atoms with Gasteiger partial charge in [0.05, 0.1) is 34.0 Å². The Morgan fingerprint density at radius 1 is 0.829 bits per heavy atom. The van der Waals surface area contributed by atoms with Crippen LogP contribution in [-0.2, 0) is 14.3 Å². The molecular weight excluding hydrogens is 522 g/mol. The van der Waals surface area contributed by atoms with Crippen molar-refractivity contribution in [2.24, 2.45) is 0 Å². The number of carbonyl (C=O) groups is 2. The Kier molecular flexibility index (Phi) is 8.57. The van der Waals surface area contributed by atoms with Crippen molar-refractivity contribution in [3.63, 3.8) is 0 Å². The van der Waals surface area contributed by atoms with Crippen molar-refractivity contribution >= 4 is 11.8 Å². The van der Waals surface area contributed by atoms with Gasteiger partial charge < -0.3 is 29.0 Å². The Hall–Kier alpha value is -3.94. The van der Waals surface area contributed by atoms with Crippen LogP contribution in [0.15, 0.2) is 58.9 Å². The van der Waals surface area contributed by atoms with Gasteiger partial charge in [-0.15, -0.1) is 0 Å². The molecule has 0 radical (unpaired) electrons. The molecule has 1 aliphatic heterocycles. The molecule has 2 atom stereocenters. The van der Waals surface area contributed by atoms with Crippen molar-refractivity contribution < 1.29 is 33.3 Å². The largest absolute Gasteiger partial charge is 0.497 e. The Morgan fingerprint density at radius 3 is 2.07 bits per heavy atom. The molecule has 8 nitrogen and oxygen atoms in total. The molecular formula is C33H39NO7. The SMILES string of the molecule is COc1ccc([C@@H]2CC(=O)C3=C(C2)NC(C)=C(C(=O)OC2CCCCC2)[C@H]3c2cc(OC)c(OC)c(OC)c2)cc1. The third-order valence-corrected chi connectivity index (χ3v) is 8.48.